The van der Waals surface area contributed by atoms with E-state index in [9.17, 15) is 4.79 Å². The Morgan fingerprint density at radius 2 is 1.67 bits per heavy atom. The molecule has 0 N–H and O–H groups in total. The van der Waals surface area contributed by atoms with Gasteiger partial charge >= 0.3 is 0 Å². The highest BCUT2D eigenvalue weighted by Crippen LogP contribution is 2.28. The predicted molar refractivity (Wildman–Crippen MR) is 119 cm³/mol. The van der Waals surface area contributed by atoms with Gasteiger partial charge in [-0.1, -0.05) is 26.0 Å². The Kier molecular flexibility index (Phi) is 6.51. The van der Waals surface area contributed by atoms with Gasteiger partial charge in [0, 0.05) is 43.1 Å². The molecule has 2 aliphatic heterocycles. The fourth-order valence-electron chi connectivity index (χ4n) is 4.29. The third kappa shape index (κ3) is 4.29. The zero-order valence-corrected chi connectivity index (χ0v) is 18.4. The number of aromatic nitrogens is 2. The highest BCUT2D eigenvalue weighted by atomic mass is 16.5. The van der Waals surface area contributed by atoms with Gasteiger partial charge in [-0.2, -0.15) is 0 Å². The van der Waals surface area contributed by atoms with Gasteiger partial charge in [-0.3, -0.25) is 24.1 Å². The quantitative estimate of drug-likeness (QED) is 0.728. The lowest BCUT2D eigenvalue weighted by molar-refractivity contribution is 0.0310. The van der Waals surface area contributed by atoms with Crippen LogP contribution in [0.2, 0.25) is 0 Å². The lowest BCUT2D eigenvalue weighted by Crippen LogP contribution is -2.50. The highest BCUT2D eigenvalue weighted by Gasteiger charge is 2.28. The SMILES string of the molecule is CCc1ccc(N2CN(CCN3CCOCC3)Cn3c2nc(C)c(CC)c3=O)cc1. The molecule has 0 atom stereocenters. The number of aryl methyl sites for hydroxylation is 2. The van der Waals surface area contributed by atoms with Crippen molar-refractivity contribution in [2.24, 2.45) is 0 Å². The molecule has 0 amide bonds. The van der Waals surface area contributed by atoms with E-state index >= 15 is 0 Å². The minimum Gasteiger partial charge on any atom is -0.379 e. The molecule has 1 aromatic heterocycles. The highest BCUT2D eigenvalue weighted by molar-refractivity contribution is 5.59. The maximum atomic E-state index is 13.2. The Hall–Kier alpha value is -2.22. The number of nitrogens with zero attached hydrogens (tertiary/aromatic N) is 5. The summed E-state index contributed by atoms with van der Waals surface area (Å²) >= 11 is 0. The zero-order chi connectivity index (χ0) is 21.1. The maximum Gasteiger partial charge on any atom is 0.259 e. The maximum absolute atomic E-state index is 13.2. The van der Waals surface area contributed by atoms with E-state index < -0.39 is 0 Å². The van der Waals surface area contributed by atoms with Crippen LogP contribution < -0.4 is 10.5 Å². The number of benzene rings is 1. The Bertz CT molecular complexity index is 918. The van der Waals surface area contributed by atoms with Crippen molar-refractivity contribution in [3.05, 3.63) is 51.4 Å². The van der Waals surface area contributed by atoms with Crippen molar-refractivity contribution in [2.75, 3.05) is 51.0 Å². The molecule has 1 aromatic carbocycles. The molecule has 0 saturated carbocycles. The molecule has 2 aromatic rings. The van der Waals surface area contributed by atoms with Gasteiger partial charge in [-0.05, 0) is 37.5 Å². The van der Waals surface area contributed by atoms with E-state index in [1.807, 2.05) is 18.4 Å². The smallest absolute Gasteiger partial charge is 0.259 e. The first kappa shape index (κ1) is 21.0. The molecule has 0 aliphatic carbocycles. The second kappa shape index (κ2) is 9.29. The molecule has 0 radical (unpaired) electrons. The second-order valence-corrected chi connectivity index (χ2v) is 8.14. The molecule has 1 fully saturated rings. The van der Waals surface area contributed by atoms with Crippen LogP contribution in [0.4, 0.5) is 11.6 Å². The molecule has 30 heavy (non-hydrogen) atoms. The largest absolute Gasteiger partial charge is 0.379 e. The number of hydrogen-bond acceptors (Lipinski definition) is 6. The van der Waals surface area contributed by atoms with Crippen molar-refractivity contribution in [1.29, 1.82) is 0 Å². The van der Waals surface area contributed by atoms with Gasteiger partial charge in [-0.15, -0.1) is 0 Å². The third-order valence-electron chi connectivity index (χ3n) is 6.22. The second-order valence-electron chi connectivity index (χ2n) is 8.14. The number of rotatable bonds is 6. The molecule has 1 saturated heterocycles. The first-order valence-electron chi connectivity index (χ1n) is 11.1. The van der Waals surface area contributed by atoms with Crippen LogP contribution in [0.25, 0.3) is 0 Å². The normalized spacial score (nSPS) is 17.9. The molecule has 162 valence electrons. The fourth-order valence-corrected chi connectivity index (χ4v) is 4.29. The summed E-state index contributed by atoms with van der Waals surface area (Å²) in [5.74, 6) is 0.751. The molecule has 0 bridgehead atoms. The summed E-state index contributed by atoms with van der Waals surface area (Å²) in [6.07, 6.45) is 1.72. The third-order valence-corrected chi connectivity index (χ3v) is 6.22. The minimum absolute atomic E-state index is 0.0891. The number of fused-ring (bicyclic) bond motifs is 1. The van der Waals surface area contributed by atoms with Crippen molar-refractivity contribution >= 4 is 11.6 Å². The van der Waals surface area contributed by atoms with E-state index in [4.69, 9.17) is 9.72 Å². The van der Waals surface area contributed by atoms with Crippen molar-refractivity contribution in [3.63, 3.8) is 0 Å². The standard InChI is InChI=1S/C23H33N5O2/c1-4-19-6-8-20(9-7-19)27-16-26(11-10-25-12-14-30-15-13-25)17-28-22(29)21(5-2)18(3)24-23(27)28/h6-9H,4-5,10-17H2,1-3H3. The number of anilines is 2. The van der Waals surface area contributed by atoms with Gasteiger partial charge in [0.05, 0.1) is 26.6 Å². The number of morpholine rings is 1. The Morgan fingerprint density at radius 1 is 0.967 bits per heavy atom. The predicted octanol–water partition coefficient (Wildman–Crippen LogP) is 2.38. The first-order valence-corrected chi connectivity index (χ1v) is 11.1. The van der Waals surface area contributed by atoms with E-state index in [0.717, 1.165) is 75.4 Å². The average Bonchev–Trinajstić information content (AvgIpc) is 2.78. The van der Waals surface area contributed by atoms with E-state index in [1.165, 1.54) is 5.56 Å². The monoisotopic (exact) mass is 411 g/mol. The summed E-state index contributed by atoms with van der Waals surface area (Å²) in [7, 11) is 0. The molecular formula is C23H33N5O2. The molecule has 4 rings (SSSR count). The van der Waals surface area contributed by atoms with Gasteiger partial charge in [0.15, 0.2) is 0 Å². The topological polar surface area (TPSA) is 53.8 Å². The average molecular weight is 412 g/mol. The van der Waals surface area contributed by atoms with Crippen molar-refractivity contribution in [1.82, 2.24) is 19.4 Å². The fraction of sp³-hybridized carbons (Fsp3) is 0.565. The van der Waals surface area contributed by atoms with Gasteiger partial charge in [0.2, 0.25) is 5.95 Å². The summed E-state index contributed by atoms with van der Waals surface area (Å²) in [5.41, 5.74) is 4.13. The summed E-state index contributed by atoms with van der Waals surface area (Å²) < 4.78 is 7.32. The first-order chi connectivity index (χ1) is 14.6. The molecular weight excluding hydrogens is 378 g/mol. The van der Waals surface area contributed by atoms with Crippen LogP contribution in [0, 0.1) is 6.92 Å². The van der Waals surface area contributed by atoms with Crippen LogP contribution in [0.3, 0.4) is 0 Å². The van der Waals surface area contributed by atoms with Crippen LogP contribution >= 0.6 is 0 Å². The van der Waals surface area contributed by atoms with E-state index in [1.54, 1.807) is 0 Å². The Morgan fingerprint density at radius 3 is 2.33 bits per heavy atom. The van der Waals surface area contributed by atoms with Crippen LogP contribution in [-0.4, -0.2) is 65.4 Å². The van der Waals surface area contributed by atoms with Crippen LogP contribution in [0.5, 0.6) is 0 Å². The van der Waals surface area contributed by atoms with Crippen LogP contribution in [0.15, 0.2) is 29.1 Å². The van der Waals surface area contributed by atoms with Crippen LogP contribution in [0.1, 0.15) is 30.7 Å². The lowest BCUT2D eigenvalue weighted by Gasteiger charge is -2.39. The minimum atomic E-state index is 0.0891. The summed E-state index contributed by atoms with van der Waals surface area (Å²) in [5, 5.41) is 0. The van der Waals surface area contributed by atoms with Crippen LogP contribution in [-0.2, 0) is 24.2 Å². The lowest BCUT2D eigenvalue weighted by atomic mass is 10.1. The van der Waals surface area contributed by atoms with Gasteiger partial charge in [0.1, 0.15) is 0 Å². The summed E-state index contributed by atoms with van der Waals surface area (Å²) in [4.78, 5) is 25.1. The number of ether oxygens (including phenoxy) is 1. The molecule has 7 nitrogen and oxygen atoms in total. The zero-order valence-electron chi connectivity index (χ0n) is 18.4. The molecule has 0 spiro atoms. The Labute approximate surface area is 178 Å². The molecule has 2 aliphatic rings. The summed E-state index contributed by atoms with van der Waals surface area (Å²) in [6, 6.07) is 8.61. The van der Waals surface area contributed by atoms with Crippen molar-refractivity contribution < 1.29 is 4.74 Å². The Balaban J connectivity index is 1.64. The molecule has 3 heterocycles. The van der Waals surface area contributed by atoms with Gasteiger partial charge in [-0.25, -0.2) is 4.98 Å². The van der Waals surface area contributed by atoms with E-state index in [2.05, 4.69) is 45.9 Å². The van der Waals surface area contributed by atoms with Gasteiger partial charge < -0.3 is 4.74 Å². The van der Waals surface area contributed by atoms with E-state index in [-0.39, 0.29) is 5.56 Å². The molecule has 7 heteroatoms. The summed E-state index contributed by atoms with van der Waals surface area (Å²) in [6.45, 7) is 12.9. The van der Waals surface area contributed by atoms with E-state index in [0.29, 0.717) is 13.1 Å². The number of hydrogen-bond donors (Lipinski definition) is 0. The van der Waals surface area contributed by atoms with Gasteiger partial charge in [0.25, 0.3) is 5.56 Å². The molecule has 0 unspecified atom stereocenters. The van der Waals surface area contributed by atoms with Crippen molar-refractivity contribution in [2.45, 2.75) is 40.3 Å². The van der Waals surface area contributed by atoms with Crippen molar-refractivity contribution in [3.8, 4) is 0 Å².